The van der Waals surface area contributed by atoms with E-state index in [1.165, 1.54) is 0 Å². The molecular formula is C13H15N3O2. The molecule has 94 valence electrons. The van der Waals surface area contributed by atoms with Crippen molar-refractivity contribution < 1.29 is 9.59 Å². The molecule has 1 fully saturated rings. The van der Waals surface area contributed by atoms with Gasteiger partial charge in [0.15, 0.2) is 0 Å². The van der Waals surface area contributed by atoms with Crippen LogP contribution in [0, 0.1) is 0 Å². The van der Waals surface area contributed by atoms with E-state index in [0.717, 1.165) is 17.7 Å². The minimum Gasteiger partial charge on any atom is -0.397 e. The molecule has 1 saturated heterocycles. The van der Waals surface area contributed by atoms with Gasteiger partial charge in [-0.2, -0.15) is 0 Å². The zero-order chi connectivity index (χ0) is 12.7. The Balaban J connectivity index is 1.88. The molecule has 1 atom stereocenters. The number of nitrogens with zero attached hydrogens (tertiary/aromatic N) is 1. The zero-order valence-corrected chi connectivity index (χ0v) is 9.98. The molecule has 0 aliphatic carbocycles. The van der Waals surface area contributed by atoms with Crippen molar-refractivity contribution in [3.05, 3.63) is 23.8 Å². The fraction of sp³-hybridized carbons (Fsp3) is 0.385. The molecule has 2 heterocycles. The predicted octanol–water partition coefficient (Wildman–Crippen LogP) is 0.436. The number of amides is 2. The molecule has 3 N–H and O–H groups in total. The predicted molar refractivity (Wildman–Crippen MR) is 68.1 cm³/mol. The first kappa shape index (κ1) is 11.1. The summed E-state index contributed by atoms with van der Waals surface area (Å²) in [7, 11) is 0. The first-order valence-corrected chi connectivity index (χ1v) is 6.15. The van der Waals surface area contributed by atoms with E-state index in [1.807, 2.05) is 12.1 Å². The molecule has 1 aromatic carbocycles. The normalized spacial score (nSPS) is 21.9. The number of hydrogen-bond acceptors (Lipinski definition) is 3. The van der Waals surface area contributed by atoms with E-state index >= 15 is 0 Å². The largest absolute Gasteiger partial charge is 0.397 e. The third-order valence-electron chi connectivity index (χ3n) is 3.58. The van der Waals surface area contributed by atoms with Crippen LogP contribution >= 0.6 is 0 Å². The average molecular weight is 245 g/mol. The third kappa shape index (κ3) is 1.63. The number of rotatable bonds is 1. The van der Waals surface area contributed by atoms with E-state index in [2.05, 4.69) is 5.32 Å². The van der Waals surface area contributed by atoms with Gasteiger partial charge in [-0.05, 0) is 24.5 Å². The van der Waals surface area contributed by atoms with E-state index < -0.39 is 0 Å². The second kappa shape index (κ2) is 4.01. The SMILES string of the molecule is Nc1cccc2c1N(C(=O)[C@@H]1CCC(=O)N1)CC2. The molecular weight excluding hydrogens is 230 g/mol. The zero-order valence-electron chi connectivity index (χ0n) is 9.98. The highest BCUT2D eigenvalue weighted by Gasteiger charge is 2.34. The summed E-state index contributed by atoms with van der Waals surface area (Å²) in [6, 6.07) is 5.31. The maximum Gasteiger partial charge on any atom is 0.249 e. The molecule has 2 amide bonds. The number of para-hydroxylation sites is 1. The Labute approximate surface area is 105 Å². The van der Waals surface area contributed by atoms with Crippen LogP contribution in [0.2, 0.25) is 0 Å². The summed E-state index contributed by atoms with van der Waals surface area (Å²) in [5.74, 6) is -0.0914. The number of nitrogens with two attached hydrogens (primary N) is 1. The van der Waals surface area contributed by atoms with Gasteiger partial charge in [-0.1, -0.05) is 12.1 Å². The molecule has 2 aliphatic heterocycles. The topological polar surface area (TPSA) is 75.4 Å². The highest BCUT2D eigenvalue weighted by molar-refractivity contribution is 6.04. The summed E-state index contributed by atoms with van der Waals surface area (Å²) in [6.07, 6.45) is 1.84. The van der Waals surface area contributed by atoms with Crippen LogP contribution in [0.5, 0.6) is 0 Å². The maximum atomic E-state index is 12.4. The summed E-state index contributed by atoms with van der Waals surface area (Å²) in [4.78, 5) is 25.3. The second-order valence-electron chi connectivity index (χ2n) is 4.75. The van der Waals surface area contributed by atoms with Gasteiger partial charge in [0.05, 0.1) is 11.4 Å². The lowest BCUT2D eigenvalue weighted by Gasteiger charge is -2.22. The Morgan fingerprint density at radius 1 is 1.39 bits per heavy atom. The number of nitrogen functional groups attached to an aromatic ring is 1. The van der Waals surface area contributed by atoms with Crippen LogP contribution in [0.25, 0.3) is 0 Å². The van der Waals surface area contributed by atoms with Gasteiger partial charge in [0.1, 0.15) is 6.04 Å². The quantitative estimate of drug-likeness (QED) is 0.705. The number of fused-ring (bicyclic) bond motifs is 1. The van der Waals surface area contributed by atoms with Crippen LogP contribution in [0.3, 0.4) is 0 Å². The fourth-order valence-electron chi connectivity index (χ4n) is 2.69. The van der Waals surface area contributed by atoms with Gasteiger partial charge in [0.25, 0.3) is 0 Å². The highest BCUT2D eigenvalue weighted by atomic mass is 16.2. The van der Waals surface area contributed by atoms with Gasteiger partial charge >= 0.3 is 0 Å². The standard InChI is InChI=1S/C13H15N3O2/c14-9-3-1-2-8-6-7-16(12(8)9)13(18)10-4-5-11(17)15-10/h1-3,10H,4-7,14H2,(H,15,17)/t10-/m0/s1. The first-order valence-electron chi connectivity index (χ1n) is 6.15. The van der Waals surface area contributed by atoms with E-state index in [9.17, 15) is 9.59 Å². The Hall–Kier alpha value is -2.04. The third-order valence-corrected chi connectivity index (χ3v) is 3.58. The van der Waals surface area contributed by atoms with Crippen molar-refractivity contribution in [2.75, 3.05) is 17.2 Å². The second-order valence-corrected chi connectivity index (χ2v) is 4.75. The number of benzene rings is 1. The Morgan fingerprint density at radius 2 is 2.22 bits per heavy atom. The van der Waals surface area contributed by atoms with Gasteiger partial charge in [-0.25, -0.2) is 0 Å². The minimum atomic E-state index is -0.386. The Bertz CT molecular complexity index is 527. The van der Waals surface area contributed by atoms with Gasteiger partial charge in [-0.15, -0.1) is 0 Å². The summed E-state index contributed by atoms with van der Waals surface area (Å²) in [5.41, 5.74) is 8.50. The summed E-state index contributed by atoms with van der Waals surface area (Å²) < 4.78 is 0. The van der Waals surface area contributed by atoms with Crippen molar-refractivity contribution in [3.63, 3.8) is 0 Å². The summed E-state index contributed by atoms with van der Waals surface area (Å²) >= 11 is 0. The van der Waals surface area contributed by atoms with Crippen LogP contribution in [0.1, 0.15) is 18.4 Å². The van der Waals surface area contributed by atoms with Gasteiger partial charge in [0, 0.05) is 13.0 Å². The fourth-order valence-corrected chi connectivity index (χ4v) is 2.69. The van der Waals surface area contributed by atoms with Crippen LogP contribution in [-0.2, 0) is 16.0 Å². The minimum absolute atomic E-state index is 0.0440. The van der Waals surface area contributed by atoms with E-state index in [-0.39, 0.29) is 17.9 Å². The molecule has 5 nitrogen and oxygen atoms in total. The van der Waals surface area contributed by atoms with Crippen molar-refractivity contribution in [1.82, 2.24) is 5.32 Å². The lowest BCUT2D eigenvalue weighted by molar-refractivity contribution is -0.124. The number of anilines is 2. The van der Waals surface area contributed by atoms with Gasteiger partial charge < -0.3 is 16.0 Å². The molecule has 2 aliphatic rings. The number of carbonyl (C=O) groups is 2. The van der Waals surface area contributed by atoms with Crippen molar-refractivity contribution >= 4 is 23.2 Å². The van der Waals surface area contributed by atoms with Crippen LogP contribution in [0.4, 0.5) is 11.4 Å². The van der Waals surface area contributed by atoms with Crippen molar-refractivity contribution in [1.29, 1.82) is 0 Å². The molecule has 1 aromatic rings. The van der Waals surface area contributed by atoms with Crippen LogP contribution in [-0.4, -0.2) is 24.4 Å². The number of carbonyl (C=O) groups excluding carboxylic acids is 2. The van der Waals surface area contributed by atoms with Crippen LogP contribution in [0.15, 0.2) is 18.2 Å². The molecule has 0 radical (unpaired) electrons. The van der Waals surface area contributed by atoms with Crippen molar-refractivity contribution in [2.24, 2.45) is 0 Å². The summed E-state index contributed by atoms with van der Waals surface area (Å²) in [5, 5.41) is 2.71. The lowest BCUT2D eigenvalue weighted by Crippen LogP contribution is -2.44. The number of hydrogen-bond donors (Lipinski definition) is 2. The van der Waals surface area contributed by atoms with E-state index in [4.69, 9.17) is 5.73 Å². The molecule has 0 bridgehead atoms. The molecule has 5 heteroatoms. The Morgan fingerprint density at radius 3 is 2.94 bits per heavy atom. The van der Waals surface area contributed by atoms with Crippen molar-refractivity contribution in [2.45, 2.75) is 25.3 Å². The monoisotopic (exact) mass is 245 g/mol. The smallest absolute Gasteiger partial charge is 0.249 e. The van der Waals surface area contributed by atoms with Gasteiger partial charge in [-0.3, -0.25) is 9.59 Å². The highest BCUT2D eigenvalue weighted by Crippen LogP contribution is 2.34. The molecule has 0 unspecified atom stereocenters. The average Bonchev–Trinajstić information content (AvgIpc) is 2.95. The van der Waals surface area contributed by atoms with Gasteiger partial charge in [0.2, 0.25) is 11.8 Å². The molecule has 3 rings (SSSR count). The Kier molecular flexibility index (Phi) is 2.47. The maximum absolute atomic E-state index is 12.4. The summed E-state index contributed by atoms with van der Waals surface area (Å²) in [6.45, 7) is 0.648. The lowest BCUT2D eigenvalue weighted by atomic mass is 10.1. The van der Waals surface area contributed by atoms with E-state index in [1.54, 1.807) is 11.0 Å². The molecule has 0 spiro atoms. The molecule has 0 saturated carbocycles. The van der Waals surface area contributed by atoms with Crippen molar-refractivity contribution in [3.8, 4) is 0 Å². The first-order chi connectivity index (χ1) is 8.66. The van der Waals surface area contributed by atoms with Crippen LogP contribution < -0.4 is 16.0 Å². The molecule has 0 aromatic heterocycles. The molecule has 18 heavy (non-hydrogen) atoms. The number of nitrogens with one attached hydrogen (secondary N) is 1. The van der Waals surface area contributed by atoms with E-state index in [0.29, 0.717) is 25.1 Å².